The second-order valence-electron chi connectivity index (χ2n) is 6.99. The largest absolute Gasteiger partial charge is 0.372 e. The van der Waals surface area contributed by atoms with Gasteiger partial charge in [-0.15, -0.1) is 0 Å². The molecule has 2 heterocycles. The van der Waals surface area contributed by atoms with Crippen molar-refractivity contribution in [3.63, 3.8) is 0 Å². The number of rotatable bonds is 2. The molecule has 0 aromatic carbocycles. The fourth-order valence-corrected chi connectivity index (χ4v) is 3.44. The van der Waals surface area contributed by atoms with E-state index in [1.54, 1.807) is 0 Å². The Bertz CT molecular complexity index is 420. The summed E-state index contributed by atoms with van der Waals surface area (Å²) in [5.41, 5.74) is 0. The van der Waals surface area contributed by atoms with E-state index >= 15 is 0 Å². The number of carbonyl (C=O) groups excluding carboxylic acids is 2. The Balaban J connectivity index is 1.47. The monoisotopic (exact) mass is 309 g/mol. The summed E-state index contributed by atoms with van der Waals surface area (Å²) in [7, 11) is 0. The van der Waals surface area contributed by atoms with Crippen LogP contribution in [0.3, 0.4) is 0 Å². The Hall–Kier alpha value is -1.30. The van der Waals surface area contributed by atoms with E-state index in [2.05, 4.69) is 5.32 Å². The molecule has 2 atom stereocenters. The molecule has 124 valence electrons. The zero-order valence-corrected chi connectivity index (χ0v) is 13.6. The van der Waals surface area contributed by atoms with Gasteiger partial charge in [0.25, 0.3) is 0 Å². The van der Waals surface area contributed by atoms with Crippen LogP contribution in [0.1, 0.15) is 39.5 Å². The maximum absolute atomic E-state index is 12.7. The van der Waals surface area contributed by atoms with E-state index in [-0.39, 0.29) is 30.1 Å². The molecular weight excluding hydrogens is 282 g/mol. The van der Waals surface area contributed by atoms with Crippen LogP contribution in [-0.4, -0.2) is 66.2 Å². The van der Waals surface area contributed by atoms with Gasteiger partial charge in [-0.1, -0.05) is 0 Å². The van der Waals surface area contributed by atoms with E-state index < -0.39 is 0 Å². The van der Waals surface area contributed by atoms with E-state index in [4.69, 9.17) is 4.74 Å². The number of morpholine rings is 1. The van der Waals surface area contributed by atoms with Crippen LogP contribution in [0.5, 0.6) is 0 Å². The van der Waals surface area contributed by atoms with Crippen molar-refractivity contribution in [3.8, 4) is 0 Å². The third-order valence-electron chi connectivity index (χ3n) is 4.77. The smallest absolute Gasteiger partial charge is 0.317 e. The van der Waals surface area contributed by atoms with Gasteiger partial charge in [0.05, 0.1) is 12.2 Å². The van der Waals surface area contributed by atoms with Crippen molar-refractivity contribution in [2.75, 3.05) is 26.2 Å². The van der Waals surface area contributed by atoms with E-state index in [9.17, 15) is 9.59 Å². The van der Waals surface area contributed by atoms with Crippen molar-refractivity contribution >= 4 is 11.9 Å². The number of hydrogen-bond acceptors (Lipinski definition) is 3. The molecule has 0 aromatic rings. The molecule has 22 heavy (non-hydrogen) atoms. The number of urea groups is 1. The number of piperidine rings is 1. The predicted molar refractivity (Wildman–Crippen MR) is 82.4 cm³/mol. The van der Waals surface area contributed by atoms with Crippen LogP contribution in [0.4, 0.5) is 4.79 Å². The van der Waals surface area contributed by atoms with Crippen LogP contribution in [0.2, 0.25) is 0 Å². The van der Waals surface area contributed by atoms with Gasteiger partial charge in [-0.25, -0.2) is 4.79 Å². The van der Waals surface area contributed by atoms with Gasteiger partial charge in [0.2, 0.25) is 5.91 Å². The van der Waals surface area contributed by atoms with Crippen LogP contribution in [-0.2, 0) is 9.53 Å². The van der Waals surface area contributed by atoms with Crippen molar-refractivity contribution < 1.29 is 14.3 Å². The first-order valence-corrected chi connectivity index (χ1v) is 8.52. The van der Waals surface area contributed by atoms with Crippen LogP contribution < -0.4 is 5.32 Å². The molecule has 1 aliphatic carbocycles. The van der Waals surface area contributed by atoms with E-state index in [1.165, 1.54) is 0 Å². The molecule has 1 saturated carbocycles. The van der Waals surface area contributed by atoms with Gasteiger partial charge in [0.1, 0.15) is 0 Å². The number of ether oxygens (including phenoxy) is 1. The van der Waals surface area contributed by atoms with Gasteiger partial charge in [-0.3, -0.25) is 4.79 Å². The standard InChI is InChI=1S/C16H27N3O3/c1-11-9-19(10-12(2)22-11)15(20)13-5-7-18(8-6-13)16(21)17-14-3-4-14/h11-14H,3-10H2,1-2H3,(H,17,21)/t11-,12-/m0/s1. The van der Waals surface area contributed by atoms with Crippen molar-refractivity contribution in [1.29, 1.82) is 0 Å². The molecule has 3 aliphatic rings. The maximum Gasteiger partial charge on any atom is 0.317 e. The highest BCUT2D eigenvalue weighted by molar-refractivity contribution is 5.80. The maximum atomic E-state index is 12.7. The summed E-state index contributed by atoms with van der Waals surface area (Å²) in [6.45, 7) is 6.77. The first-order chi connectivity index (χ1) is 10.5. The van der Waals surface area contributed by atoms with E-state index in [1.807, 2.05) is 23.6 Å². The first-order valence-electron chi connectivity index (χ1n) is 8.52. The molecule has 2 aliphatic heterocycles. The summed E-state index contributed by atoms with van der Waals surface area (Å²) in [5.74, 6) is 0.298. The van der Waals surface area contributed by atoms with Crippen molar-refractivity contribution in [2.45, 2.75) is 57.8 Å². The lowest BCUT2D eigenvalue weighted by atomic mass is 9.95. The van der Waals surface area contributed by atoms with Gasteiger partial charge >= 0.3 is 6.03 Å². The van der Waals surface area contributed by atoms with Crippen LogP contribution in [0, 0.1) is 5.92 Å². The number of carbonyl (C=O) groups is 2. The van der Waals surface area contributed by atoms with Crippen LogP contribution in [0.15, 0.2) is 0 Å². The van der Waals surface area contributed by atoms with Gasteiger partial charge in [0, 0.05) is 38.1 Å². The molecule has 0 bridgehead atoms. The predicted octanol–water partition coefficient (Wildman–Crippen LogP) is 1.21. The van der Waals surface area contributed by atoms with Crippen molar-refractivity contribution in [3.05, 3.63) is 0 Å². The minimum absolute atomic E-state index is 0.0435. The Kier molecular flexibility index (Phi) is 4.57. The number of amides is 3. The molecule has 2 saturated heterocycles. The quantitative estimate of drug-likeness (QED) is 0.834. The lowest BCUT2D eigenvalue weighted by molar-refractivity contribution is -0.148. The highest BCUT2D eigenvalue weighted by atomic mass is 16.5. The Morgan fingerprint density at radius 1 is 0.955 bits per heavy atom. The molecule has 6 heteroatoms. The third kappa shape index (κ3) is 3.72. The van der Waals surface area contributed by atoms with E-state index in [0.717, 1.165) is 25.7 Å². The second kappa shape index (κ2) is 6.44. The molecule has 3 fully saturated rings. The Morgan fingerprint density at radius 2 is 1.55 bits per heavy atom. The Labute approximate surface area is 132 Å². The molecule has 0 aromatic heterocycles. The topological polar surface area (TPSA) is 61.9 Å². The molecule has 0 unspecified atom stereocenters. The summed E-state index contributed by atoms with van der Waals surface area (Å²) in [5, 5.41) is 3.02. The minimum Gasteiger partial charge on any atom is -0.372 e. The first kappa shape index (κ1) is 15.6. The van der Waals surface area contributed by atoms with Crippen LogP contribution in [0.25, 0.3) is 0 Å². The molecule has 0 spiro atoms. The number of likely N-dealkylation sites (tertiary alicyclic amines) is 1. The highest BCUT2D eigenvalue weighted by Crippen LogP contribution is 2.23. The van der Waals surface area contributed by atoms with Crippen molar-refractivity contribution in [1.82, 2.24) is 15.1 Å². The Morgan fingerprint density at radius 3 is 2.09 bits per heavy atom. The molecule has 3 amide bonds. The third-order valence-corrected chi connectivity index (χ3v) is 4.77. The number of hydrogen-bond donors (Lipinski definition) is 1. The second-order valence-corrected chi connectivity index (χ2v) is 6.99. The summed E-state index contributed by atoms with van der Waals surface area (Å²) in [6, 6.07) is 0.435. The van der Waals surface area contributed by atoms with Crippen LogP contribution >= 0.6 is 0 Å². The zero-order chi connectivity index (χ0) is 15.7. The molecule has 6 nitrogen and oxygen atoms in total. The fraction of sp³-hybridized carbons (Fsp3) is 0.875. The van der Waals surface area contributed by atoms with Crippen molar-refractivity contribution in [2.24, 2.45) is 5.92 Å². The summed E-state index contributed by atoms with van der Waals surface area (Å²) in [6.07, 6.45) is 3.98. The van der Waals surface area contributed by atoms with Gasteiger partial charge in [-0.05, 0) is 39.5 Å². The zero-order valence-electron chi connectivity index (χ0n) is 13.6. The average molecular weight is 309 g/mol. The summed E-state index contributed by atoms with van der Waals surface area (Å²) in [4.78, 5) is 28.5. The normalized spacial score (nSPS) is 30.3. The van der Waals surface area contributed by atoms with Gasteiger partial charge in [0.15, 0.2) is 0 Å². The average Bonchev–Trinajstić information content (AvgIpc) is 3.29. The fourth-order valence-electron chi connectivity index (χ4n) is 3.44. The van der Waals surface area contributed by atoms with Gasteiger partial charge in [-0.2, -0.15) is 0 Å². The highest BCUT2D eigenvalue weighted by Gasteiger charge is 2.34. The lowest BCUT2D eigenvalue weighted by Gasteiger charge is -2.39. The molecule has 0 radical (unpaired) electrons. The summed E-state index contributed by atoms with van der Waals surface area (Å²) >= 11 is 0. The molecule has 3 rings (SSSR count). The molecular formula is C16H27N3O3. The lowest BCUT2D eigenvalue weighted by Crippen LogP contribution is -2.52. The summed E-state index contributed by atoms with van der Waals surface area (Å²) < 4.78 is 5.69. The SMILES string of the molecule is C[C@H]1CN(C(=O)C2CCN(C(=O)NC3CC3)CC2)C[C@H](C)O1. The number of nitrogens with zero attached hydrogens (tertiary/aromatic N) is 2. The minimum atomic E-state index is 0.0435. The van der Waals surface area contributed by atoms with Gasteiger partial charge < -0.3 is 19.9 Å². The molecule has 1 N–H and O–H groups in total. The van der Waals surface area contributed by atoms with E-state index in [0.29, 0.717) is 32.2 Å². The number of nitrogens with one attached hydrogen (secondary N) is 1.